The van der Waals surface area contributed by atoms with Gasteiger partial charge in [0.2, 0.25) is 0 Å². The first-order valence-corrected chi connectivity index (χ1v) is 8.07. The first kappa shape index (κ1) is 21.3. The predicted molar refractivity (Wildman–Crippen MR) is 89.2 cm³/mol. The maximum Gasteiger partial charge on any atom is 0.352 e. The molecule has 0 aliphatic carbocycles. The molecule has 0 amide bonds. The lowest BCUT2D eigenvalue weighted by molar-refractivity contribution is -0.155. The van der Waals surface area contributed by atoms with E-state index < -0.39 is 54.3 Å². The van der Waals surface area contributed by atoms with Crippen molar-refractivity contribution >= 4 is 17.8 Å². The highest BCUT2D eigenvalue weighted by atomic mass is 16.6. The van der Waals surface area contributed by atoms with E-state index >= 15 is 0 Å². The Morgan fingerprint density at radius 2 is 2.18 bits per heavy atom. The first-order valence-electron chi connectivity index (χ1n) is 8.07. The molecular formula is C15H19N5O8. The molecule has 5 atom stereocenters. The van der Waals surface area contributed by atoms with Gasteiger partial charge < -0.3 is 36.3 Å². The molecule has 1 aliphatic heterocycles. The first-order chi connectivity index (χ1) is 13.1. The summed E-state index contributed by atoms with van der Waals surface area (Å²) in [4.78, 5) is 37.8. The van der Waals surface area contributed by atoms with Crippen molar-refractivity contribution in [3.63, 3.8) is 0 Å². The van der Waals surface area contributed by atoms with Gasteiger partial charge in [-0.2, -0.15) is 10.2 Å². The van der Waals surface area contributed by atoms with Gasteiger partial charge in [0.05, 0.1) is 0 Å². The number of carboxylic acids is 1. The normalized spacial score (nSPS) is 27.7. The van der Waals surface area contributed by atoms with Crippen LogP contribution in [0.2, 0.25) is 0 Å². The Balaban J connectivity index is 2.13. The Morgan fingerprint density at radius 1 is 1.50 bits per heavy atom. The van der Waals surface area contributed by atoms with E-state index in [9.17, 15) is 29.9 Å². The molecule has 1 aliphatic rings. The molecule has 7 N–H and O–H groups in total. The second kappa shape index (κ2) is 8.31. The minimum Gasteiger partial charge on any atom is -0.481 e. The van der Waals surface area contributed by atoms with Gasteiger partial charge >= 0.3 is 17.6 Å². The molecule has 1 aromatic rings. The Bertz CT molecular complexity index is 852. The number of carbonyl (C=O) groups excluding carboxylic acids is 1. The van der Waals surface area contributed by atoms with Gasteiger partial charge in [-0.15, -0.1) is 0 Å². The van der Waals surface area contributed by atoms with Crippen molar-refractivity contribution in [2.75, 3.05) is 12.3 Å². The van der Waals surface area contributed by atoms with Gasteiger partial charge in [0.1, 0.15) is 42.8 Å². The molecule has 1 fully saturated rings. The van der Waals surface area contributed by atoms with E-state index in [2.05, 4.69) is 4.98 Å². The van der Waals surface area contributed by atoms with Crippen molar-refractivity contribution in [2.24, 2.45) is 5.73 Å². The third kappa shape index (κ3) is 4.10. The molecule has 0 radical (unpaired) electrons. The zero-order valence-electron chi connectivity index (χ0n) is 14.5. The van der Waals surface area contributed by atoms with E-state index in [0.29, 0.717) is 4.57 Å². The molecule has 0 aromatic carbocycles. The summed E-state index contributed by atoms with van der Waals surface area (Å²) in [6.07, 6.45) is -4.37. The number of rotatable bonds is 7. The molecule has 2 rings (SSSR count). The number of hydrogen-bond acceptors (Lipinski definition) is 11. The number of aliphatic carboxylic acids is 1. The molecule has 0 spiro atoms. The van der Waals surface area contributed by atoms with Gasteiger partial charge in [0, 0.05) is 12.6 Å². The van der Waals surface area contributed by atoms with Crippen LogP contribution in [0.1, 0.15) is 12.8 Å². The number of nitriles is 1. The van der Waals surface area contributed by atoms with Crippen LogP contribution in [0, 0.1) is 11.3 Å². The van der Waals surface area contributed by atoms with E-state index in [1.54, 1.807) is 6.07 Å². The molecule has 13 heteroatoms. The van der Waals surface area contributed by atoms with Gasteiger partial charge in [0.15, 0.2) is 0 Å². The van der Waals surface area contributed by atoms with Crippen LogP contribution in [0.3, 0.4) is 0 Å². The summed E-state index contributed by atoms with van der Waals surface area (Å²) >= 11 is 0. The number of nitrogens with zero attached hydrogens (tertiary/aromatic N) is 3. The van der Waals surface area contributed by atoms with Crippen LogP contribution in [-0.2, 0) is 24.8 Å². The highest BCUT2D eigenvalue weighted by Crippen LogP contribution is 2.34. The van der Waals surface area contributed by atoms with Crippen molar-refractivity contribution in [3.8, 4) is 6.07 Å². The fourth-order valence-corrected chi connectivity index (χ4v) is 2.62. The van der Waals surface area contributed by atoms with E-state index in [1.165, 1.54) is 6.07 Å². The Kier molecular flexibility index (Phi) is 6.31. The number of ether oxygens (including phenoxy) is 2. The third-order valence-corrected chi connectivity index (χ3v) is 4.14. The van der Waals surface area contributed by atoms with Crippen molar-refractivity contribution in [2.45, 2.75) is 42.9 Å². The second-order valence-corrected chi connectivity index (χ2v) is 6.07. The predicted octanol–water partition coefficient (Wildman–Crippen LogP) is -3.14. The summed E-state index contributed by atoms with van der Waals surface area (Å²) < 4.78 is 10.9. The molecule has 13 nitrogen and oxygen atoms in total. The molecule has 1 saturated heterocycles. The monoisotopic (exact) mass is 397 g/mol. The van der Waals surface area contributed by atoms with Crippen molar-refractivity contribution in [1.29, 1.82) is 5.26 Å². The highest BCUT2D eigenvalue weighted by molar-refractivity contribution is 5.76. The molecule has 0 bridgehead atoms. The zero-order chi connectivity index (χ0) is 21.1. The van der Waals surface area contributed by atoms with E-state index in [1.807, 2.05) is 0 Å². The minimum atomic E-state index is -2.32. The van der Waals surface area contributed by atoms with Crippen molar-refractivity contribution < 1.29 is 34.4 Å². The van der Waals surface area contributed by atoms with E-state index in [4.69, 9.17) is 26.0 Å². The summed E-state index contributed by atoms with van der Waals surface area (Å²) in [5.74, 6) is -2.21. The topological polar surface area (TPSA) is 224 Å². The maximum atomic E-state index is 12.0. The quantitative estimate of drug-likeness (QED) is 0.288. The van der Waals surface area contributed by atoms with E-state index in [-0.39, 0.29) is 18.7 Å². The molecule has 152 valence electrons. The molecule has 2 heterocycles. The van der Waals surface area contributed by atoms with Crippen molar-refractivity contribution in [3.05, 3.63) is 22.7 Å². The van der Waals surface area contributed by atoms with Gasteiger partial charge in [-0.25, -0.2) is 4.79 Å². The van der Waals surface area contributed by atoms with Crippen LogP contribution < -0.4 is 17.2 Å². The molecular weight excluding hydrogens is 378 g/mol. The fourth-order valence-electron chi connectivity index (χ4n) is 2.62. The average molecular weight is 397 g/mol. The Labute approximate surface area is 157 Å². The molecule has 0 saturated carbocycles. The lowest BCUT2D eigenvalue weighted by Gasteiger charge is -2.26. The largest absolute Gasteiger partial charge is 0.481 e. The smallest absolute Gasteiger partial charge is 0.352 e. The number of carbonyl (C=O) groups is 2. The van der Waals surface area contributed by atoms with Gasteiger partial charge in [-0.3, -0.25) is 14.2 Å². The van der Waals surface area contributed by atoms with Gasteiger partial charge in [-0.1, -0.05) is 0 Å². The maximum absolute atomic E-state index is 12.0. The average Bonchev–Trinajstić information content (AvgIpc) is 2.89. The van der Waals surface area contributed by atoms with Crippen LogP contribution in [0.15, 0.2) is 17.1 Å². The standard InChI is InChI=1S/C15H19N5O8/c16-6-15(20-4-3-9(18)19-14(20)26)12(24)11(23)8(28-15)5-27-13(25)7(17)1-2-10(21)22/h3-4,7-8,11-12,23-24H,1-2,5,17H2,(H,21,22)(H2,18,19,26)/t7-,8+,11?,12?,15+/m0/s1. The lowest BCUT2D eigenvalue weighted by atomic mass is 10.0. The molecule has 2 unspecified atom stereocenters. The number of carboxylic acid groups (broad SMARTS) is 1. The van der Waals surface area contributed by atoms with Crippen LogP contribution in [0.5, 0.6) is 0 Å². The molecule has 28 heavy (non-hydrogen) atoms. The minimum absolute atomic E-state index is 0.122. The van der Waals surface area contributed by atoms with Crippen LogP contribution in [0.4, 0.5) is 5.82 Å². The van der Waals surface area contributed by atoms with Crippen LogP contribution >= 0.6 is 0 Å². The van der Waals surface area contributed by atoms with Gasteiger partial charge in [-0.05, 0) is 12.5 Å². The van der Waals surface area contributed by atoms with Crippen molar-refractivity contribution in [1.82, 2.24) is 9.55 Å². The van der Waals surface area contributed by atoms with Crippen LogP contribution in [0.25, 0.3) is 0 Å². The number of nitrogen functional groups attached to an aromatic ring is 1. The number of aliphatic hydroxyl groups is 2. The number of esters is 1. The number of nitrogens with two attached hydrogens (primary N) is 2. The summed E-state index contributed by atoms with van der Waals surface area (Å²) in [6, 6.07) is 1.60. The second-order valence-electron chi connectivity index (χ2n) is 6.07. The number of anilines is 1. The third-order valence-electron chi connectivity index (χ3n) is 4.14. The van der Waals surface area contributed by atoms with Crippen LogP contribution in [-0.4, -0.2) is 67.8 Å². The number of aliphatic hydroxyl groups excluding tert-OH is 2. The Hall–Kier alpha value is -3.05. The summed E-state index contributed by atoms with van der Waals surface area (Å²) in [5.41, 5.74) is 7.58. The molecule has 1 aromatic heterocycles. The van der Waals surface area contributed by atoms with Gasteiger partial charge in [0.25, 0.3) is 5.72 Å². The Morgan fingerprint density at radius 3 is 2.75 bits per heavy atom. The number of aromatic nitrogens is 2. The summed E-state index contributed by atoms with van der Waals surface area (Å²) in [7, 11) is 0. The SMILES string of the molecule is N#C[C@@]1(n2ccc(N)nc2=O)O[C@H](COC(=O)[C@@H](N)CCC(=O)O)C(O)C1O. The number of hydrogen-bond donors (Lipinski definition) is 5. The highest BCUT2D eigenvalue weighted by Gasteiger charge is 2.57. The fraction of sp³-hybridized carbons (Fsp3) is 0.533. The van der Waals surface area contributed by atoms with E-state index in [0.717, 1.165) is 6.20 Å². The summed E-state index contributed by atoms with van der Waals surface area (Å²) in [5, 5.41) is 38.6. The summed E-state index contributed by atoms with van der Waals surface area (Å²) in [6.45, 7) is -0.599. The zero-order valence-corrected chi connectivity index (χ0v) is 14.5. The lowest BCUT2D eigenvalue weighted by Crippen LogP contribution is -2.49.